The summed E-state index contributed by atoms with van der Waals surface area (Å²) in [5.41, 5.74) is 5.58. The minimum Gasteiger partial charge on any atom is -0.381 e. The number of nitrogens with two attached hydrogens (primary N) is 1. The molecule has 0 bridgehead atoms. The molecule has 16 heavy (non-hydrogen) atoms. The van der Waals surface area contributed by atoms with Crippen LogP contribution in [-0.4, -0.2) is 43.2 Å². The average molecular weight is 228 g/mol. The van der Waals surface area contributed by atoms with Gasteiger partial charge in [-0.15, -0.1) is 0 Å². The maximum Gasteiger partial charge on any atom is 0.225 e. The van der Waals surface area contributed by atoms with Gasteiger partial charge in [-0.2, -0.15) is 0 Å². The molecule has 0 aromatic rings. The van der Waals surface area contributed by atoms with Crippen molar-refractivity contribution in [3.05, 3.63) is 0 Å². The number of nitrogens with zero attached hydrogens (tertiary/aromatic N) is 1. The number of carbonyl (C=O) groups is 1. The van der Waals surface area contributed by atoms with E-state index in [4.69, 9.17) is 10.5 Å². The SMILES string of the molecule is CCOCCC(=O)N1CCCCC1CCN. The van der Waals surface area contributed by atoms with Crippen LogP contribution in [0.25, 0.3) is 0 Å². The van der Waals surface area contributed by atoms with Gasteiger partial charge < -0.3 is 15.4 Å². The summed E-state index contributed by atoms with van der Waals surface area (Å²) in [6, 6.07) is 0.368. The lowest BCUT2D eigenvalue weighted by Gasteiger charge is -2.35. The molecule has 4 heteroatoms. The highest BCUT2D eigenvalue weighted by atomic mass is 16.5. The molecule has 1 amide bonds. The molecule has 1 unspecified atom stereocenters. The summed E-state index contributed by atoms with van der Waals surface area (Å²) in [6.07, 6.45) is 4.90. The van der Waals surface area contributed by atoms with Gasteiger partial charge in [-0.25, -0.2) is 0 Å². The van der Waals surface area contributed by atoms with Gasteiger partial charge in [0.15, 0.2) is 0 Å². The summed E-state index contributed by atoms with van der Waals surface area (Å²) < 4.78 is 5.22. The molecule has 1 rings (SSSR count). The standard InChI is InChI=1S/C12H24N2O2/c1-2-16-10-7-12(15)14-9-4-3-5-11(14)6-8-13/h11H,2-10,13H2,1H3. The van der Waals surface area contributed by atoms with Crippen molar-refractivity contribution in [2.24, 2.45) is 5.73 Å². The van der Waals surface area contributed by atoms with E-state index in [1.807, 2.05) is 11.8 Å². The van der Waals surface area contributed by atoms with Crippen molar-refractivity contribution in [2.45, 2.75) is 45.1 Å². The van der Waals surface area contributed by atoms with Gasteiger partial charge in [0.2, 0.25) is 5.91 Å². The minimum atomic E-state index is 0.228. The molecular formula is C12H24N2O2. The van der Waals surface area contributed by atoms with Crippen molar-refractivity contribution in [3.8, 4) is 0 Å². The number of hydrogen-bond donors (Lipinski definition) is 1. The van der Waals surface area contributed by atoms with Crippen LogP contribution in [0.5, 0.6) is 0 Å². The van der Waals surface area contributed by atoms with Crippen molar-refractivity contribution in [2.75, 3.05) is 26.3 Å². The molecule has 94 valence electrons. The Kier molecular flexibility index (Phi) is 6.42. The van der Waals surface area contributed by atoms with Gasteiger partial charge in [0.25, 0.3) is 0 Å². The van der Waals surface area contributed by atoms with Crippen LogP contribution in [0.3, 0.4) is 0 Å². The molecular weight excluding hydrogens is 204 g/mol. The molecule has 4 nitrogen and oxygen atoms in total. The molecule has 1 heterocycles. The Morgan fingerprint density at radius 3 is 3.00 bits per heavy atom. The Bertz CT molecular complexity index is 207. The lowest BCUT2D eigenvalue weighted by atomic mass is 9.99. The number of amides is 1. The van der Waals surface area contributed by atoms with Crippen LogP contribution in [0, 0.1) is 0 Å². The van der Waals surface area contributed by atoms with Crippen LogP contribution in [0.2, 0.25) is 0 Å². The first-order valence-electron chi connectivity index (χ1n) is 6.36. The van der Waals surface area contributed by atoms with Gasteiger partial charge in [0.05, 0.1) is 13.0 Å². The molecule has 0 aromatic carbocycles. The Labute approximate surface area is 98.1 Å². The molecule has 0 aliphatic carbocycles. The summed E-state index contributed by atoms with van der Waals surface area (Å²) in [7, 11) is 0. The predicted molar refractivity (Wildman–Crippen MR) is 64.1 cm³/mol. The van der Waals surface area contributed by atoms with Gasteiger partial charge in [0.1, 0.15) is 0 Å². The smallest absolute Gasteiger partial charge is 0.225 e. The Morgan fingerprint density at radius 2 is 2.31 bits per heavy atom. The van der Waals surface area contributed by atoms with Crippen LogP contribution in [0.4, 0.5) is 0 Å². The summed E-state index contributed by atoms with van der Waals surface area (Å²) in [6.45, 7) is 4.73. The van der Waals surface area contributed by atoms with Crippen LogP contribution < -0.4 is 5.73 Å². The fraction of sp³-hybridized carbons (Fsp3) is 0.917. The summed E-state index contributed by atoms with van der Waals surface area (Å²) in [5, 5.41) is 0. The van der Waals surface area contributed by atoms with Crippen LogP contribution in [0.15, 0.2) is 0 Å². The highest BCUT2D eigenvalue weighted by Gasteiger charge is 2.25. The number of likely N-dealkylation sites (tertiary alicyclic amines) is 1. The molecule has 0 radical (unpaired) electrons. The fourth-order valence-corrected chi connectivity index (χ4v) is 2.27. The third kappa shape index (κ3) is 4.10. The number of piperidine rings is 1. The van der Waals surface area contributed by atoms with Gasteiger partial charge in [-0.1, -0.05) is 0 Å². The Morgan fingerprint density at radius 1 is 1.50 bits per heavy atom. The van der Waals surface area contributed by atoms with E-state index in [-0.39, 0.29) is 5.91 Å². The number of rotatable bonds is 6. The molecule has 1 aliphatic heterocycles. The van der Waals surface area contributed by atoms with Crippen molar-refractivity contribution in [3.63, 3.8) is 0 Å². The van der Waals surface area contributed by atoms with E-state index in [1.165, 1.54) is 6.42 Å². The van der Waals surface area contributed by atoms with Gasteiger partial charge in [-0.05, 0) is 39.2 Å². The normalized spacial score (nSPS) is 21.1. The molecule has 2 N–H and O–H groups in total. The molecule has 1 fully saturated rings. The van der Waals surface area contributed by atoms with E-state index in [1.54, 1.807) is 0 Å². The van der Waals surface area contributed by atoms with Gasteiger partial charge in [0, 0.05) is 19.2 Å². The monoisotopic (exact) mass is 228 g/mol. The molecule has 0 saturated carbocycles. The zero-order valence-electron chi connectivity index (χ0n) is 10.3. The Balaban J connectivity index is 2.37. The highest BCUT2D eigenvalue weighted by Crippen LogP contribution is 2.19. The van der Waals surface area contributed by atoms with E-state index in [0.29, 0.717) is 32.2 Å². The molecule has 0 aromatic heterocycles. The molecule has 1 aliphatic rings. The number of ether oxygens (including phenoxy) is 1. The highest BCUT2D eigenvalue weighted by molar-refractivity contribution is 5.76. The maximum absolute atomic E-state index is 12.0. The summed E-state index contributed by atoms with van der Waals surface area (Å²) >= 11 is 0. The van der Waals surface area contributed by atoms with Crippen molar-refractivity contribution >= 4 is 5.91 Å². The lowest BCUT2D eigenvalue weighted by molar-refractivity contribution is -0.136. The van der Waals surface area contributed by atoms with E-state index < -0.39 is 0 Å². The van der Waals surface area contributed by atoms with E-state index >= 15 is 0 Å². The average Bonchev–Trinajstić information content (AvgIpc) is 2.30. The van der Waals surface area contributed by atoms with Crippen LogP contribution in [0.1, 0.15) is 39.0 Å². The second-order valence-corrected chi connectivity index (χ2v) is 4.26. The van der Waals surface area contributed by atoms with Gasteiger partial charge >= 0.3 is 0 Å². The van der Waals surface area contributed by atoms with E-state index in [0.717, 1.165) is 25.8 Å². The second kappa shape index (κ2) is 7.63. The fourth-order valence-electron chi connectivity index (χ4n) is 2.27. The molecule has 1 saturated heterocycles. The first-order valence-corrected chi connectivity index (χ1v) is 6.36. The topological polar surface area (TPSA) is 55.6 Å². The van der Waals surface area contributed by atoms with Crippen LogP contribution in [-0.2, 0) is 9.53 Å². The summed E-state index contributed by atoms with van der Waals surface area (Å²) in [4.78, 5) is 14.0. The zero-order valence-corrected chi connectivity index (χ0v) is 10.3. The van der Waals surface area contributed by atoms with E-state index in [9.17, 15) is 4.79 Å². The number of carbonyl (C=O) groups excluding carboxylic acids is 1. The number of hydrogen-bond acceptors (Lipinski definition) is 3. The van der Waals surface area contributed by atoms with Gasteiger partial charge in [-0.3, -0.25) is 4.79 Å². The quantitative estimate of drug-likeness (QED) is 0.694. The minimum absolute atomic E-state index is 0.228. The second-order valence-electron chi connectivity index (χ2n) is 4.26. The summed E-state index contributed by atoms with van der Waals surface area (Å²) in [5.74, 6) is 0.228. The third-order valence-electron chi connectivity index (χ3n) is 3.11. The van der Waals surface area contributed by atoms with Crippen molar-refractivity contribution < 1.29 is 9.53 Å². The maximum atomic E-state index is 12.0. The van der Waals surface area contributed by atoms with Crippen molar-refractivity contribution in [1.82, 2.24) is 4.90 Å². The Hall–Kier alpha value is -0.610. The van der Waals surface area contributed by atoms with E-state index in [2.05, 4.69) is 0 Å². The largest absolute Gasteiger partial charge is 0.381 e. The first kappa shape index (κ1) is 13.5. The lowest BCUT2D eigenvalue weighted by Crippen LogP contribution is -2.44. The van der Waals surface area contributed by atoms with Crippen molar-refractivity contribution in [1.29, 1.82) is 0 Å². The predicted octanol–water partition coefficient (Wildman–Crippen LogP) is 1.14. The zero-order chi connectivity index (χ0) is 11.8. The molecule has 0 spiro atoms. The third-order valence-corrected chi connectivity index (χ3v) is 3.11. The first-order chi connectivity index (χ1) is 7.79. The molecule has 1 atom stereocenters. The van der Waals surface area contributed by atoms with Crippen LogP contribution >= 0.6 is 0 Å².